The van der Waals surface area contributed by atoms with E-state index >= 15 is 0 Å². The van der Waals surface area contributed by atoms with E-state index in [-0.39, 0.29) is 22.9 Å². The van der Waals surface area contributed by atoms with E-state index in [2.05, 4.69) is 0 Å². The van der Waals surface area contributed by atoms with Gasteiger partial charge in [0.15, 0.2) is 11.6 Å². The molecule has 19 heavy (non-hydrogen) atoms. The van der Waals surface area contributed by atoms with Crippen molar-refractivity contribution >= 4 is 5.84 Å². The average molecular weight is 266 g/mol. The van der Waals surface area contributed by atoms with Gasteiger partial charge in [-0.1, -0.05) is 0 Å². The van der Waals surface area contributed by atoms with Gasteiger partial charge in [0.05, 0.1) is 0 Å². The first kappa shape index (κ1) is 12.9. The second-order valence-corrected chi connectivity index (χ2v) is 3.77. The Labute approximate surface area is 106 Å². The van der Waals surface area contributed by atoms with Crippen LogP contribution in [0.3, 0.4) is 0 Å². The third kappa shape index (κ3) is 3.04. The van der Waals surface area contributed by atoms with Crippen LogP contribution in [0.25, 0.3) is 0 Å². The number of amidine groups is 1. The molecule has 98 valence electrons. The molecule has 0 aliphatic heterocycles. The molecule has 0 spiro atoms. The van der Waals surface area contributed by atoms with E-state index < -0.39 is 17.5 Å². The summed E-state index contributed by atoms with van der Waals surface area (Å²) < 4.78 is 44.6. The molecular weight excluding hydrogens is 257 g/mol. The third-order valence-corrected chi connectivity index (χ3v) is 2.31. The fourth-order valence-electron chi connectivity index (χ4n) is 1.47. The molecule has 0 aromatic heterocycles. The molecule has 0 fully saturated rings. The highest BCUT2D eigenvalue weighted by Crippen LogP contribution is 2.26. The lowest BCUT2D eigenvalue weighted by atomic mass is 10.2. The van der Waals surface area contributed by atoms with Crippen molar-refractivity contribution in [3.8, 4) is 11.5 Å². The summed E-state index contributed by atoms with van der Waals surface area (Å²) in [4.78, 5) is 0. The highest BCUT2D eigenvalue weighted by atomic mass is 19.1. The standard InChI is InChI=1S/C13H9F3N2O/c14-8-4-9(15)6-10(5-8)19-12-2-1-7(13(17)18)3-11(12)16/h1-6H,(H3,17,18). The molecule has 0 bridgehead atoms. The molecule has 6 heteroatoms. The number of benzene rings is 2. The number of nitrogens with two attached hydrogens (primary N) is 1. The highest BCUT2D eigenvalue weighted by Gasteiger charge is 2.09. The summed E-state index contributed by atoms with van der Waals surface area (Å²) in [6, 6.07) is 6.16. The molecule has 0 radical (unpaired) electrons. The number of hydrogen-bond donors (Lipinski definition) is 2. The number of nitrogen functional groups attached to an aromatic ring is 1. The van der Waals surface area contributed by atoms with Crippen LogP contribution in [-0.2, 0) is 0 Å². The van der Waals surface area contributed by atoms with Crippen LogP contribution in [-0.4, -0.2) is 5.84 Å². The topological polar surface area (TPSA) is 59.1 Å². The predicted octanol–water partition coefficient (Wildman–Crippen LogP) is 3.18. The maximum absolute atomic E-state index is 13.6. The maximum atomic E-state index is 13.6. The fraction of sp³-hybridized carbons (Fsp3) is 0. The molecule has 0 aliphatic carbocycles. The van der Waals surface area contributed by atoms with Gasteiger partial charge in [-0.3, -0.25) is 5.41 Å². The fourth-order valence-corrected chi connectivity index (χ4v) is 1.47. The molecule has 0 heterocycles. The number of nitrogens with one attached hydrogen (secondary N) is 1. The number of hydrogen-bond acceptors (Lipinski definition) is 2. The van der Waals surface area contributed by atoms with E-state index in [4.69, 9.17) is 15.9 Å². The Hall–Kier alpha value is -2.50. The summed E-state index contributed by atoms with van der Waals surface area (Å²) in [6.07, 6.45) is 0. The first-order chi connectivity index (χ1) is 8.95. The van der Waals surface area contributed by atoms with Gasteiger partial charge in [-0.2, -0.15) is 0 Å². The van der Waals surface area contributed by atoms with Crippen molar-refractivity contribution in [1.82, 2.24) is 0 Å². The van der Waals surface area contributed by atoms with Crippen LogP contribution in [0.1, 0.15) is 5.56 Å². The lowest BCUT2D eigenvalue weighted by molar-refractivity contribution is 0.434. The van der Waals surface area contributed by atoms with Crippen molar-refractivity contribution in [3.05, 3.63) is 59.4 Å². The van der Waals surface area contributed by atoms with Crippen LogP contribution in [0.4, 0.5) is 13.2 Å². The Kier molecular flexibility index (Phi) is 3.41. The summed E-state index contributed by atoms with van der Waals surface area (Å²) in [5.74, 6) is -3.09. The SMILES string of the molecule is N=C(N)c1ccc(Oc2cc(F)cc(F)c2)c(F)c1. The van der Waals surface area contributed by atoms with E-state index in [1.165, 1.54) is 12.1 Å². The Morgan fingerprint density at radius 2 is 1.63 bits per heavy atom. The van der Waals surface area contributed by atoms with Crippen LogP contribution in [0.15, 0.2) is 36.4 Å². The van der Waals surface area contributed by atoms with Gasteiger partial charge in [-0.25, -0.2) is 13.2 Å². The van der Waals surface area contributed by atoms with Crippen molar-refractivity contribution in [2.45, 2.75) is 0 Å². The van der Waals surface area contributed by atoms with Gasteiger partial charge in [0.2, 0.25) is 0 Å². The van der Waals surface area contributed by atoms with Crippen molar-refractivity contribution in [2.24, 2.45) is 5.73 Å². The van der Waals surface area contributed by atoms with Crippen LogP contribution in [0, 0.1) is 22.9 Å². The second kappa shape index (κ2) is 5.01. The molecule has 0 atom stereocenters. The number of rotatable bonds is 3. The molecule has 2 aromatic rings. The predicted molar refractivity (Wildman–Crippen MR) is 63.8 cm³/mol. The molecule has 2 aromatic carbocycles. The van der Waals surface area contributed by atoms with Gasteiger partial charge in [0.25, 0.3) is 0 Å². The van der Waals surface area contributed by atoms with Gasteiger partial charge < -0.3 is 10.5 Å². The summed E-state index contributed by atoms with van der Waals surface area (Å²) in [7, 11) is 0. The van der Waals surface area contributed by atoms with Crippen molar-refractivity contribution in [2.75, 3.05) is 0 Å². The molecular formula is C13H9F3N2O. The Bertz CT molecular complexity index is 624. The lowest BCUT2D eigenvalue weighted by Crippen LogP contribution is -2.11. The van der Waals surface area contributed by atoms with Gasteiger partial charge in [0, 0.05) is 23.8 Å². The largest absolute Gasteiger partial charge is 0.454 e. The van der Waals surface area contributed by atoms with Gasteiger partial charge in [-0.15, -0.1) is 0 Å². The Morgan fingerprint density at radius 1 is 1.00 bits per heavy atom. The van der Waals surface area contributed by atoms with Crippen LogP contribution in [0.5, 0.6) is 11.5 Å². The van der Waals surface area contributed by atoms with Gasteiger partial charge in [0.1, 0.15) is 23.2 Å². The quantitative estimate of drug-likeness (QED) is 0.662. The van der Waals surface area contributed by atoms with Crippen LogP contribution in [0.2, 0.25) is 0 Å². The zero-order valence-electron chi connectivity index (χ0n) is 9.58. The van der Waals surface area contributed by atoms with Crippen molar-refractivity contribution in [1.29, 1.82) is 5.41 Å². The van der Waals surface area contributed by atoms with Crippen LogP contribution < -0.4 is 10.5 Å². The first-order valence-corrected chi connectivity index (χ1v) is 5.23. The van der Waals surface area contributed by atoms with Crippen molar-refractivity contribution < 1.29 is 17.9 Å². The van der Waals surface area contributed by atoms with E-state index in [0.717, 1.165) is 18.2 Å². The number of ether oxygens (including phenoxy) is 1. The lowest BCUT2D eigenvalue weighted by Gasteiger charge is -2.08. The van der Waals surface area contributed by atoms with Gasteiger partial charge >= 0.3 is 0 Å². The highest BCUT2D eigenvalue weighted by molar-refractivity contribution is 5.95. The summed E-state index contributed by atoms with van der Waals surface area (Å²) in [5.41, 5.74) is 5.39. The molecule has 0 amide bonds. The minimum absolute atomic E-state index is 0.160. The average Bonchev–Trinajstić information content (AvgIpc) is 2.30. The normalized spacial score (nSPS) is 10.3. The van der Waals surface area contributed by atoms with Gasteiger partial charge in [-0.05, 0) is 18.2 Å². The number of halogens is 3. The first-order valence-electron chi connectivity index (χ1n) is 5.23. The molecule has 0 unspecified atom stereocenters. The molecule has 0 saturated carbocycles. The molecule has 0 aliphatic rings. The third-order valence-electron chi connectivity index (χ3n) is 2.31. The van der Waals surface area contributed by atoms with Crippen LogP contribution >= 0.6 is 0 Å². The summed E-state index contributed by atoms with van der Waals surface area (Å²) >= 11 is 0. The van der Waals surface area contributed by atoms with E-state index in [1.54, 1.807) is 0 Å². The summed E-state index contributed by atoms with van der Waals surface area (Å²) in [6.45, 7) is 0. The summed E-state index contributed by atoms with van der Waals surface area (Å²) in [5, 5.41) is 7.15. The molecule has 2 rings (SSSR count). The monoisotopic (exact) mass is 266 g/mol. The molecule has 3 nitrogen and oxygen atoms in total. The van der Waals surface area contributed by atoms with E-state index in [0.29, 0.717) is 6.07 Å². The zero-order chi connectivity index (χ0) is 14.0. The second-order valence-electron chi connectivity index (χ2n) is 3.77. The molecule has 3 N–H and O–H groups in total. The minimum atomic E-state index is -0.823. The Balaban J connectivity index is 2.30. The zero-order valence-corrected chi connectivity index (χ0v) is 9.58. The smallest absolute Gasteiger partial charge is 0.166 e. The maximum Gasteiger partial charge on any atom is 0.166 e. The molecule has 0 saturated heterocycles. The van der Waals surface area contributed by atoms with Crippen molar-refractivity contribution in [3.63, 3.8) is 0 Å². The van der Waals surface area contributed by atoms with E-state index in [9.17, 15) is 13.2 Å². The van der Waals surface area contributed by atoms with E-state index in [1.807, 2.05) is 0 Å². The minimum Gasteiger partial charge on any atom is -0.454 e. The Morgan fingerprint density at radius 3 is 2.16 bits per heavy atom.